The Balaban J connectivity index is 1.47. The van der Waals surface area contributed by atoms with Gasteiger partial charge in [-0.15, -0.1) is 0 Å². The lowest BCUT2D eigenvalue weighted by Crippen LogP contribution is -2.51. The van der Waals surface area contributed by atoms with E-state index in [1.165, 1.54) is 12.0 Å². The lowest BCUT2D eigenvalue weighted by atomic mass is 9.48. The van der Waals surface area contributed by atoms with Gasteiger partial charge in [-0.1, -0.05) is 25.5 Å². The van der Waals surface area contributed by atoms with Crippen LogP contribution in [0.3, 0.4) is 0 Å². The molecule has 0 saturated heterocycles. The van der Waals surface area contributed by atoms with Crippen LogP contribution in [-0.2, 0) is 0 Å². The molecule has 1 aromatic heterocycles. The molecule has 152 valence electrons. The third kappa shape index (κ3) is 2.62. The Kier molecular flexibility index (Phi) is 4.23. The highest BCUT2D eigenvalue weighted by Crippen LogP contribution is 2.65. The first-order chi connectivity index (χ1) is 13.3. The summed E-state index contributed by atoms with van der Waals surface area (Å²) in [6, 6.07) is 4.00. The van der Waals surface area contributed by atoms with Crippen LogP contribution in [0.5, 0.6) is 0 Å². The van der Waals surface area contributed by atoms with Gasteiger partial charge in [-0.25, -0.2) is 0 Å². The number of hydrogen-bond acceptors (Lipinski definition) is 3. The minimum absolute atomic E-state index is 0.0233. The van der Waals surface area contributed by atoms with Gasteiger partial charge in [0.1, 0.15) is 11.5 Å². The van der Waals surface area contributed by atoms with Gasteiger partial charge in [0.15, 0.2) is 0 Å². The van der Waals surface area contributed by atoms with Crippen molar-refractivity contribution in [3.8, 4) is 0 Å². The number of allylic oxidation sites excluding steroid dienone is 1. The Labute approximate surface area is 168 Å². The molecule has 0 amide bonds. The van der Waals surface area contributed by atoms with Gasteiger partial charge in [0.25, 0.3) is 0 Å². The summed E-state index contributed by atoms with van der Waals surface area (Å²) >= 11 is 0. The van der Waals surface area contributed by atoms with Crippen molar-refractivity contribution in [3.63, 3.8) is 0 Å². The Bertz CT molecular complexity index is 833. The van der Waals surface area contributed by atoms with E-state index in [1.54, 1.807) is 0 Å². The van der Waals surface area contributed by atoms with Crippen molar-refractivity contribution in [1.82, 2.24) is 0 Å². The Morgan fingerprint density at radius 2 is 1.89 bits per heavy atom. The number of rotatable bonds is 1. The molecule has 28 heavy (non-hydrogen) atoms. The number of aliphatic hydroxyl groups excluding tert-OH is 2. The van der Waals surface area contributed by atoms with E-state index in [-0.39, 0.29) is 23.0 Å². The summed E-state index contributed by atoms with van der Waals surface area (Å²) in [4.78, 5) is 0. The van der Waals surface area contributed by atoms with Crippen molar-refractivity contribution in [2.24, 2.45) is 28.6 Å². The van der Waals surface area contributed by atoms with E-state index in [0.717, 1.165) is 55.6 Å². The van der Waals surface area contributed by atoms with Crippen molar-refractivity contribution in [3.05, 3.63) is 40.9 Å². The average molecular weight is 383 g/mol. The largest absolute Gasteiger partial charge is 0.462 e. The second-order valence-corrected chi connectivity index (χ2v) is 10.5. The standard InChI is InChI=1S/C25H34O3/c1-15-4-6-19(28-15)12-16-13-22-20-7-5-17-14-18(26)8-10-24(17,2)21(20)9-11-25(22,3)23(16)27/h4-6,12,18,20-23,26-27H,7-11,13-14H2,1-3H3/b16-12-/t18-,20+,21-,22-,23+,24+,25+/m1/s1. The molecule has 0 unspecified atom stereocenters. The SMILES string of the molecule is Cc1ccc(/C=C2/C[C@@H]3[C@H]4CC=C5C[C@H](O)CC[C@]5(C)[C@@H]4CC[C@]3(C)[C@H]2O)o1. The number of aryl methyl sites for hydroxylation is 1. The van der Waals surface area contributed by atoms with Gasteiger partial charge in [-0.05, 0) is 98.8 Å². The minimum atomic E-state index is -0.366. The van der Waals surface area contributed by atoms with Crippen LogP contribution in [0.2, 0.25) is 0 Å². The zero-order valence-electron chi connectivity index (χ0n) is 17.4. The molecular formula is C25H34O3. The maximum Gasteiger partial charge on any atom is 0.127 e. The van der Waals surface area contributed by atoms with Crippen molar-refractivity contribution in [1.29, 1.82) is 0 Å². The van der Waals surface area contributed by atoms with Gasteiger partial charge >= 0.3 is 0 Å². The molecule has 1 heterocycles. The lowest BCUT2D eigenvalue weighted by molar-refractivity contribution is -0.0685. The molecule has 0 spiro atoms. The predicted molar refractivity (Wildman–Crippen MR) is 111 cm³/mol. The van der Waals surface area contributed by atoms with Gasteiger partial charge in [0, 0.05) is 5.41 Å². The van der Waals surface area contributed by atoms with Crippen molar-refractivity contribution >= 4 is 6.08 Å². The number of furan rings is 1. The summed E-state index contributed by atoms with van der Waals surface area (Å²) < 4.78 is 5.76. The van der Waals surface area contributed by atoms with Crippen LogP contribution in [0.4, 0.5) is 0 Å². The second kappa shape index (κ2) is 6.34. The highest BCUT2D eigenvalue weighted by molar-refractivity contribution is 5.51. The zero-order valence-corrected chi connectivity index (χ0v) is 17.4. The quantitative estimate of drug-likeness (QED) is 0.651. The fourth-order valence-electron chi connectivity index (χ4n) is 7.35. The highest BCUT2D eigenvalue weighted by Gasteiger charge is 2.59. The second-order valence-electron chi connectivity index (χ2n) is 10.5. The van der Waals surface area contributed by atoms with E-state index in [9.17, 15) is 10.2 Å². The molecule has 0 bridgehead atoms. The Morgan fingerprint density at radius 1 is 1.07 bits per heavy atom. The molecule has 3 nitrogen and oxygen atoms in total. The fraction of sp³-hybridized carbons (Fsp3) is 0.680. The fourth-order valence-corrected chi connectivity index (χ4v) is 7.35. The maximum atomic E-state index is 11.3. The molecule has 3 saturated carbocycles. The van der Waals surface area contributed by atoms with Gasteiger partial charge in [-0.2, -0.15) is 0 Å². The van der Waals surface area contributed by atoms with E-state index >= 15 is 0 Å². The van der Waals surface area contributed by atoms with E-state index in [4.69, 9.17) is 4.42 Å². The van der Waals surface area contributed by atoms with Gasteiger partial charge in [0.2, 0.25) is 0 Å². The molecule has 1 aromatic rings. The van der Waals surface area contributed by atoms with Crippen LogP contribution in [-0.4, -0.2) is 22.4 Å². The first-order valence-corrected chi connectivity index (χ1v) is 11.1. The molecule has 2 N–H and O–H groups in total. The molecule has 7 atom stereocenters. The van der Waals surface area contributed by atoms with Crippen LogP contribution in [0.15, 0.2) is 33.8 Å². The van der Waals surface area contributed by atoms with E-state index < -0.39 is 0 Å². The van der Waals surface area contributed by atoms with E-state index in [0.29, 0.717) is 17.8 Å². The minimum Gasteiger partial charge on any atom is -0.462 e. The maximum absolute atomic E-state index is 11.3. The lowest BCUT2D eigenvalue weighted by Gasteiger charge is -2.57. The van der Waals surface area contributed by atoms with Crippen molar-refractivity contribution in [2.45, 2.75) is 77.9 Å². The normalized spacial score (nSPS) is 46.7. The summed E-state index contributed by atoms with van der Waals surface area (Å²) in [7, 11) is 0. The summed E-state index contributed by atoms with van der Waals surface area (Å²) in [6.45, 7) is 6.74. The summed E-state index contributed by atoms with van der Waals surface area (Å²) in [5.41, 5.74) is 2.89. The summed E-state index contributed by atoms with van der Waals surface area (Å²) in [5.74, 6) is 3.65. The monoisotopic (exact) mass is 382 g/mol. The molecule has 4 aliphatic rings. The van der Waals surface area contributed by atoms with E-state index in [2.05, 4.69) is 26.0 Å². The molecule has 0 aromatic carbocycles. The van der Waals surface area contributed by atoms with Crippen LogP contribution >= 0.6 is 0 Å². The first-order valence-electron chi connectivity index (χ1n) is 11.1. The number of hydrogen-bond donors (Lipinski definition) is 2. The Hall–Kier alpha value is -1.32. The topological polar surface area (TPSA) is 53.6 Å². The molecule has 3 heteroatoms. The van der Waals surface area contributed by atoms with Crippen LogP contribution in [0, 0.1) is 35.5 Å². The number of fused-ring (bicyclic) bond motifs is 5. The molecular weight excluding hydrogens is 348 g/mol. The predicted octanol–water partition coefficient (Wildman–Crippen LogP) is 5.27. The van der Waals surface area contributed by atoms with Gasteiger partial charge < -0.3 is 14.6 Å². The summed E-state index contributed by atoms with van der Waals surface area (Å²) in [6.07, 6.45) is 11.4. The summed E-state index contributed by atoms with van der Waals surface area (Å²) in [5, 5.41) is 21.4. The third-order valence-electron chi connectivity index (χ3n) is 9.04. The average Bonchev–Trinajstić information content (AvgIpc) is 3.18. The zero-order chi connectivity index (χ0) is 19.7. The molecule has 3 fully saturated rings. The van der Waals surface area contributed by atoms with E-state index in [1.807, 2.05) is 19.1 Å². The third-order valence-corrected chi connectivity index (χ3v) is 9.04. The van der Waals surface area contributed by atoms with Gasteiger partial charge in [-0.3, -0.25) is 0 Å². The Morgan fingerprint density at radius 3 is 2.64 bits per heavy atom. The number of aliphatic hydroxyl groups is 2. The van der Waals surface area contributed by atoms with Crippen molar-refractivity contribution in [2.75, 3.05) is 0 Å². The molecule has 0 radical (unpaired) electrons. The van der Waals surface area contributed by atoms with Crippen LogP contribution in [0.1, 0.15) is 70.3 Å². The van der Waals surface area contributed by atoms with Crippen LogP contribution in [0.25, 0.3) is 6.08 Å². The van der Waals surface area contributed by atoms with Crippen LogP contribution < -0.4 is 0 Å². The van der Waals surface area contributed by atoms with Gasteiger partial charge in [0.05, 0.1) is 12.2 Å². The molecule has 4 aliphatic carbocycles. The molecule has 0 aliphatic heterocycles. The first kappa shape index (κ1) is 18.7. The molecule has 5 rings (SSSR count). The smallest absolute Gasteiger partial charge is 0.127 e. The highest BCUT2D eigenvalue weighted by atomic mass is 16.3. The van der Waals surface area contributed by atoms with Crippen molar-refractivity contribution < 1.29 is 14.6 Å².